The number of aromatic nitrogens is 2. The van der Waals surface area contributed by atoms with Crippen LogP contribution >= 0.6 is 11.3 Å². The van der Waals surface area contributed by atoms with Crippen molar-refractivity contribution in [3.63, 3.8) is 0 Å². The first-order chi connectivity index (χ1) is 12.1. The van der Waals surface area contributed by atoms with Crippen LogP contribution in [-0.4, -0.2) is 47.2 Å². The number of anilines is 1. The van der Waals surface area contributed by atoms with Crippen LogP contribution in [0.5, 0.6) is 0 Å². The highest BCUT2D eigenvalue weighted by Gasteiger charge is 2.43. The molecule has 0 N–H and O–H groups in total. The van der Waals surface area contributed by atoms with E-state index < -0.39 is 0 Å². The second kappa shape index (κ2) is 6.41. The van der Waals surface area contributed by atoms with Gasteiger partial charge in [0.15, 0.2) is 5.82 Å². The molecule has 2 aromatic rings. The third-order valence-electron chi connectivity index (χ3n) is 5.55. The van der Waals surface area contributed by atoms with Crippen molar-refractivity contribution in [3.05, 3.63) is 39.7 Å². The number of aryl methyl sites for hydroxylation is 2. The zero-order chi connectivity index (χ0) is 17.4. The quantitative estimate of drug-likeness (QED) is 0.828. The smallest absolute Gasteiger partial charge is 0.264 e. The van der Waals surface area contributed by atoms with Crippen molar-refractivity contribution in [1.29, 1.82) is 0 Å². The Morgan fingerprint density at radius 2 is 2.00 bits per heavy atom. The van der Waals surface area contributed by atoms with Gasteiger partial charge in [-0.1, -0.05) is 0 Å². The van der Waals surface area contributed by atoms with Crippen LogP contribution < -0.4 is 4.90 Å². The Kier molecular flexibility index (Phi) is 4.23. The highest BCUT2D eigenvalue weighted by molar-refractivity contribution is 7.12. The molecule has 0 bridgehead atoms. The maximum absolute atomic E-state index is 12.8. The minimum absolute atomic E-state index is 0.200. The molecule has 2 aliphatic rings. The summed E-state index contributed by atoms with van der Waals surface area (Å²) in [5, 5.41) is 10.6. The molecule has 4 heterocycles. The summed E-state index contributed by atoms with van der Waals surface area (Å²) in [7, 11) is 0. The molecule has 2 aromatic heterocycles. The minimum Gasteiger partial charge on any atom is -0.355 e. The van der Waals surface area contributed by atoms with E-state index in [0.717, 1.165) is 61.0 Å². The van der Waals surface area contributed by atoms with Gasteiger partial charge >= 0.3 is 0 Å². The van der Waals surface area contributed by atoms with Gasteiger partial charge in [-0.3, -0.25) is 4.79 Å². The molecule has 2 saturated heterocycles. The van der Waals surface area contributed by atoms with Gasteiger partial charge in [-0.2, -0.15) is 5.10 Å². The van der Waals surface area contributed by atoms with Gasteiger partial charge in [-0.05, 0) is 62.3 Å². The molecular formula is C19H24N4OS. The monoisotopic (exact) mass is 356 g/mol. The molecule has 1 spiro atoms. The van der Waals surface area contributed by atoms with Crippen molar-refractivity contribution in [3.8, 4) is 0 Å². The van der Waals surface area contributed by atoms with Crippen LogP contribution in [0.1, 0.15) is 40.2 Å². The second-order valence-corrected chi connectivity index (χ2v) is 8.38. The number of likely N-dealkylation sites (tertiary alicyclic amines) is 1. The van der Waals surface area contributed by atoms with Gasteiger partial charge in [0.2, 0.25) is 0 Å². The van der Waals surface area contributed by atoms with Gasteiger partial charge in [-0.15, -0.1) is 16.4 Å². The maximum Gasteiger partial charge on any atom is 0.264 e. The number of hydrogen-bond donors (Lipinski definition) is 0. The van der Waals surface area contributed by atoms with Gasteiger partial charge in [0.1, 0.15) is 0 Å². The molecule has 0 aromatic carbocycles. The average Bonchev–Trinajstić information content (AvgIpc) is 3.22. The standard InChI is InChI=1S/C19H24N4OS/c1-14-6-11-25-17(14)18(24)23-10-8-19(13-23)7-3-9-22(12-19)16-5-4-15(2)20-21-16/h4-6,11H,3,7-10,12-13H2,1-2H3/t19-/m1/s1. The summed E-state index contributed by atoms with van der Waals surface area (Å²) < 4.78 is 0. The van der Waals surface area contributed by atoms with Crippen LogP contribution in [0.15, 0.2) is 23.6 Å². The largest absolute Gasteiger partial charge is 0.355 e. The summed E-state index contributed by atoms with van der Waals surface area (Å²) in [4.78, 5) is 18.1. The molecule has 4 rings (SSSR count). The van der Waals surface area contributed by atoms with Crippen molar-refractivity contribution in [1.82, 2.24) is 15.1 Å². The minimum atomic E-state index is 0.200. The summed E-state index contributed by atoms with van der Waals surface area (Å²) in [6.07, 6.45) is 3.42. The molecule has 0 unspecified atom stereocenters. The van der Waals surface area contributed by atoms with Crippen LogP contribution in [0.4, 0.5) is 5.82 Å². The molecular weight excluding hydrogens is 332 g/mol. The van der Waals surface area contributed by atoms with E-state index in [9.17, 15) is 4.79 Å². The van der Waals surface area contributed by atoms with E-state index in [1.807, 2.05) is 31.4 Å². The van der Waals surface area contributed by atoms with Crippen molar-refractivity contribution < 1.29 is 4.79 Å². The van der Waals surface area contributed by atoms with Crippen LogP contribution in [0.25, 0.3) is 0 Å². The predicted octanol–water partition coefficient (Wildman–Crippen LogP) is 3.29. The fourth-order valence-electron chi connectivity index (χ4n) is 4.14. The van der Waals surface area contributed by atoms with Crippen molar-refractivity contribution in [2.45, 2.75) is 33.1 Å². The van der Waals surface area contributed by atoms with Crippen LogP contribution in [-0.2, 0) is 0 Å². The lowest BCUT2D eigenvalue weighted by Crippen LogP contribution is -2.45. The summed E-state index contributed by atoms with van der Waals surface area (Å²) in [6, 6.07) is 6.12. The highest BCUT2D eigenvalue weighted by Crippen LogP contribution is 2.40. The van der Waals surface area contributed by atoms with E-state index in [0.29, 0.717) is 0 Å². The SMILES string of the molecule is Cc1ccc(N2CCC[C@@]3(CCN(C(=O)c4sccc4C)C3)C2)nn1. The third-order valence-corrected chi connectivity index (χ3v) is 6.56. The van der Waals surface area contributed by atoms with Gasteiger partial charge < -0.3 is 9.80 Å². The van der Waals surface area contributed by atoms with Crippen LogP contribution in [0, 0.1) is 19.3 Å². The van der Waals surface area contributed by atoms with Crippen molar-refractivity contribution >= 4 is 23.1 Å². The van der Waals surface area contributed by atoms with Gasteiger partial charge in [0.05, 0.1) is 10.6 Å². The zero-order valence-corrected chi connectivity index (χ0v) is 15.7. The molecule has 1 atom stereocenters. The van der Waals surface area contributed by atoms with Crippen molar-refractivity contribution in [2.24, 2.45) is 5.41 Å². The number of hydrogen-bond acceptors (Lipinski definition) is 5. The first-order valence-corrected chi connectivity index (χ1v) is 9.83. The molecule has 5 nitrogen and oxygen atoms in total. The summed E-state index contributed by atoms with van der Waals surface area (Å²) >= 11 is 1.56. The molecule has 0 radical (unpaired) electrons. The van der Waals surface area contributed by atoms with Gasteiger partial charge in [-0.25, -0.2) is 0 Å². The summed E-state index contributed by atoms with van der Waals surface area (Å²) in [5.74, 6) is 1.17. The number of carbonyl (C=O) groups is 1. The Morgan fingerprint density at radius 3 is 2.72 bits per heavy atom. The van der Waals surface area contributed by atoms with E-state index in [4.69, 9.17) is 0 Å². The number of nitrogens with zero attached hydrogens (tertiary/aromatic N) is 4. The molecule has 132 valence electrons. The van der Waals surface area contributed by atoms with Crippen molar-refractivity contribution in [2.75, 3.05) is 31.1 Å². The number of amides is 1. The lowest BCUT2D eigenvalue weighted by molar-refractivity contribution is 0.0771. The topological polar surface area (TPSA) is 49.3 Å². The van der Waals surface area contributed by atoms with E-state index in [1.165, 1.54) is 6.42 Å². The lowest BCUT2D eigenvalue weighted by atomic mass is 9.79. The normalized spacial score (nSPS) is 23.4. The summed E-state index contributed by atoms with van der Waals surface area (Å²) in [6.45, 7) is 7.70. The maximum atomic E-state index is 12.8. The predicted molar refractivity (Wildman–Crippen MR) is 100 cm³/mol. The highest BCUT2D eigenvalue weighted by atomic mass is 32.1. The number of rotatable bonds is 2. The third kappa shape index (κ3) is 3.15. The first kappa shape index (κ1) is 16.5. The Morgan fingerprint density at radius 1 is 1.12 bits per heavy atom. The molecule has 2 fully saturated rings. The molecule has 1 amide bonds. The Hall–Kier alpha value is -1.95. The number of piperidine rings is 1. The van der Waals surface area contributed by atoms with Crippen LogP contribution in [0.3, 0.4) is 0 Å². The fourth-order valence-corrected chi connectivity index (χ4v) is 5.03. The van der Waals surface area contributed by atoms with E-state index in [-0.39, 0.29) is 11.3 Å². The molecule has 0 saturated carbocycles. The van der Waals surface area contributed by atoms with Crippen LogP contribution in [0.2, 0.25) is 0 Å². The average molecular weight is 356 g/mol. The zero-order valence-electron chi connectivity index (χ0n) is 14.9. The Labute approximate surface area is 152 Å². The molecule has 25 heavy (non-hydrogen) atoms. The Bertz CT molecular complexity index is 772. The van der Waals surface area contributed by atoms with E-state index >= 15 is 0 Å². The van der Waals surface area contributed by atoms with E-state index in [1.54, 1.807) is 11.3 Å². The molecule has 2 aliphatic heterocycles. The number of carbonyl (C=O) groups excluding carboxylic acids is 1. The number of thiophene rings is 1. The summed E-state index contributed by atoms with van der Waals surface area (Å²) in [5.41, 5.74) is 2.24. The Balaban J connectivity index is 1.48. The lowest BCUT2D eigenvalue weighted by Gasteiger charge is -2.40. The van der Waals surface area contributed by atoms with Gasteiger partial charge in [0, 0.05) is 31.6 Å². The first-order valence-electron chi connectivity index (χ1n) is 8.95. The fraction of sp³-hybridized carbons (Fsp3) is 0.526. The molecule has 6 heteroatoms. The van der Waals surface area contributed by atoms with E-state index in [2.05, 4.69) is 26.1 Å². The molecule has 0 aliphatic carbocycles. The van der Waals surface area contributed by atoms with Gasteiger partial charge in [0.25, 0.3) is 5.91 Å². The second-order valence-electron chi connectivity index (χ2n) is 7.47.